The fourth-order valence-electron chi connectivity index (χ4n) is 3.75. The maximum Gasteiger partial charge on any atom is 0.254 e. The molecule has 1 atom stereocenters. The molecule has 7 heteroatoms. The molecule has 3 rings (SSSR count). The van der Waals surface area contributed by atoms with Crippen LogP contribution in [-0.4, -0.2) is 44.0 Å². The number of likely N-dealkylation sites (tertiary alicyclic amines) is 1. The first-order chi connectivity index (χ1) is 14.3. The highest BCUT2D eigenvalue weighted by Crippen LogP contribution is 2.32. The molecule has 0 spiro atoms. The molecule has 1 aliphatic rings. The molecule has 0 saturated carbocycles. The number of amides is 2. The molecule has 160 valence electrons. The van der Waals surface area contributed by atoms with Gasteiger partial charge in [0.15, 0.2) is 0 Å². The second kappa shape index (κ2) is 9.15. The Morgan fingerprint density at radius 2 is 1.83 bits per heavy atom. The molecule has 1 N–H and O–H groups in total. The first-order valence-corrected chi connectivity index (χ1v) is 9.90. The van der Waals surface area contributed by atoms with E-state index in [2.05, 4.69) is 5.32 Å². The van der Waals surface area contributed by atoms with E-state index < -0.39 is 5.41 Å². The van der Waals surface area contributed by atoms with Gasteiger partial charge in [0, 0.05) is 31.3 Å². The van der Waals surface area contributed by atoms with Crippen LogP contribution < -0.4 is 14.8 Å². The highest BCUT2D eigenvalue weighted by atomic mass is 19.1. The summed E-state index contributed by atoms with van der Waals surface area (Å²) in [5.74, 6) is 0.412. The number of halogens is 1. The summed E-state index contributed by atoms with van der Waals surface area (Å²) in [5.41, 5.74) is 0.430. The van der Waals surface area contributed by atoms with E-state index in [0.717, 1.165) is 6.42 Å². The topological polar surface area (TPSA) is 67.9 Å². The molecule has 0 aromatic heterocycles. The van der Waals surface area contributed by atoms with Crippen LogP contribution in [0.2, 0.25) is 0 Å². The normalized spacial score (nSPS) is 18.6. The fraction of sp³-hybridized carbons (Fsp3) is 0.391. The van der Waals surface area contributed by atoms with Gasteiger partial charge in [0.05, 0.1) is 19.6 Å². The van der Waals surface area contributed by atoms with Crippen LogP contribution in [0.15, 0.2) is 42.5 Å². The van der Waals surface area contributed by atoms with E-state index in [1.807, 2.05) is 6.92 Å². The molecular weight excluding hydrogens is 387 g/mol. The van der Waals surface area contributed by atoms with Crippen LogP contribution >= 0.6 is 0 Å². The van der Waals surface area contributed by atoms with Crippen molar-refractivity contribution in [3.05, 3.63) is 59.4 Å². The van der Waals surface area contributed by atoms with E-state index in [-0.39, 0.29) is 24.2 Å². The summed E-state index contributed by atoms with van der Waals surface area (Å²) in [6.07, 6.45) is 1.39. The molecule has 6 nitrogen and oxygen atoms in total. The van der Waals surface area contributed by atoms with Gasteiger partial charge in [0.2, 0.25) is 5.91 Å². The third kappa shape index (κ3) is 4.90. The summed E-state index contributed by atoms with van der Waals surface area (Å²) in [6.45, 7) is 2.98. The van der Waals surface area contributed by atoms with Crippen LogP contribution in [0.25, 0.3) is 0 Å². The second-order valence-corrected chi connectivity index (χ2v) is 7.80. The maximum atomic E-state index is 13.4. The number of ether oxygens (including phenoxy) is 2. The lowest BCUT2D eigenvalue weighted by molar-refractivity contribution is -0.132. The highest BCUT2D eigenvalue weighted by molar-refractivity contribution is 5.96. The quantitative estimate of drug-likeness (QED) is 0.787. The van der Waals surface area contributed by atoms with E-state index in [4.69, 9.17) is 9.47 Å². The first kappa shape index (κ1) is 21.6. The van der Waals surface area contributed by atoms with E-state index in [9.17, 15) is 14.0 Å². The van der Waals surface area contributed by atoms with Gasteiger partial charge in [0.1, 0.15) is 17.3 Å². The Bertz CT molecular complexity index is 911. The largest absolute Gasteiger partial charge is 0.497 e. The van der Waals surface area contributed by atoms with Crippen LogP contribution in [-0.2, 0) is 11.3 Å². The average Bonchev–Trinajstić information content (AvgIpc) is 2.76. The summed E-state index contributed by atoms with van der Waals surface area (Å²) in [4.78, 5) is 27.7. The summed E-state index contributed by atoms with van der Waals surface area (Å²) in [7, 11) is 3.06. The molecule has 2 amide bonds. The van der Waals surface area contributed by atoms with Gasteiger partial charge in [-0.15, -0.1) is 0 Å². The summed E-state index contributed by atoms with van der Waals surface area (Å²) in [5, 5.41) is 2.89. The maximum absolute atomic E-state index is 13.4. The van der Waals surface area contributed by atoms with Gasteiger partial charge < -0.3 is 19.7 Å². The van der Waals surface area contributed by atoms with Crippen molar-refractivity contribution in [1.82, 2.24) is 10.2 Å². The van der Waals surface area contributed by atoms with Crippen LogP contribution in [0.4, 0.5) is 4.39 Å². The van der Waals surface area contributed by atoms with Crippen LogP contribution in [0.5, 0.6) is 11.5 Å². The monoisotopic (exact) mass is 414 g/mol. The molecule has 0 radical (unpaired) electrons. The van der Waals surface area contributed by atoms with Gasteiger partial charge in [-0.3, -0.25) is 9.59 Å². The van der Waals surface area contributed by atoms with Crippen molar-refractivity contribution in [3.8, 4) is 11.5 Å². The number of hydrogen-bond acceptors (Lipinski definition) is 4. The van der Waals surface area contributed by atoms with E-state index in [0.29, 0.717) is 42.1 Å². The number of carbonyl (C=O) groups excluding carboxylic acids is 2. The summed E-state index contributed by atoms with van der Waals surface area (Å²) >= 11 is 0. The van der Waals surface area contributed by atoms with Crippen molar-refractivity contribution in [3.63, 3.8) is 0 Å². The van der Waals surface area contributed by atoms with Gasteiger partial charge in [-0.05, 0) is 49.6 Å². The number of carbonyl (C=O) groups is 2. The van der Waals surface area contributed by atoms with E-state index >= 15 is 0 Å². The molecule has 1 heterocycles. The van der Waals surface area contributed by atoms with Crippen molar-refractivity contribution in [2.24, 2.45) is 5.41 Å². The molecule has 0 aliphatic carbocycles. The number of piperidine rings is 1. The standard InChI is InChI=1S/C23H27FN2O4/c1-23(22(28)25-14-16-6-4-7-18(24)10-16)8-5-9-26(15-23)21(27)17-11-19(29-2)13-20(12-17)30-3/h4,6-7,10-13H,5,8-9,14-15H2,1-3H3,(H,25,28)/t23-/m0/s1. The number of nitrogens with one attached hydrogen (secondary N) is 1. The van der Waals surface area contributed by atoms with Crippen LogP contribution in [0.3, 0.4) is 0 Å². The molecule has 30 heavy (non-hydrogen) atoms. The Morgan fingerprint density at radius 3 is 2.47 bits per heavy atom. The van der Waals surface area contributed by atoms with Crippen molar-refractivity contribution in [1.29, 1.82) is 0 Å². The average molecular weight is 414 g/mol. The van der Waals surface area contributed by atoms with Crippen molar-refractivity contribution >= 4 is 11.8 Å². The zero-order valence-corrected chi connectivity index (χ0v) is 17.5. The Labute approximate surface area is 176 Å². The van der Waals surface area contributed by atoms with Crippen LogP contribution in [0.1, 0.15) is 35.7 Å². The number of nitrogens with zero attached hydrogens (tertiary/aromatic N) is 1. The Balaban J connectivity index is 1.70. The molecule has 1 saturated heterocycles. The molecule has 1 aliphatic heterocycles. The second-order valence-electron chi connectivity index (χ2n) is 7.80. The first-order valence-electron chi connectivity index (χ1n) is 9.90. The van der Waals surface area contributed by atoms with Gasteiger partial charge >= 0.3 is 0 Å². The van der Waals surface area contributed by atoms with Crippen LogP contribution in [0, 0.1) is 11.2 Å². The zero-order chi connectivity index (χ0) is 21.7. The fourth-order valence-corrected chi connectivity index (χ4v) is 3.75. The molecular formula is C23H27FN2O4. The van der Waals surface area contributed by atoms with Crippen molar-refractivity contribution in [2.75, 3.05) is 27.3 Å². The molecule has 2 aromatic carbocycles. The number of benzene rings is 2. The Morgan fingerprint density at radius 1 is 1.13 bits per heavy atom. The van der Waals surface area contributed by atoms with Gasteiger partial charge in [-0.1, -0.05) is 12.1 Å². The lowest BCUT2D eigenvalue weighted by Gasteiger charge is -2.39. The minimum Gasteiger partial charge on any atom is -0.497 e. The lowest BCUT2D eigenvalue weighted by atomic mass is 9.80. The molecule has 0 unspecified atom stereocenters. The van der Waals surface area contributed by atoms with E-state index in [1.54, 1.807) is 35.2 Å². The minimum absolute atomic E-state index is 0.146. The van der Waals surface area contributed by atoms with Gasteiger partial charge in [0.25, 0.3) is 5.91 Å². The summed E-state index contributed by atoms with van der Waals surface area (Å²) in [6, 6.07) is 11.2. The highest BCUT2D eigenvalue weighted by Gasteiger charge is 2.39. The smallest absolute Gasteiger partial charge is 0.254 e. The third-order valence-corrected chi connectivity index (χ3v) is 5.47. The zero-order valence-electron chi connectivity index (χ0n) is 17.5. The summed E-state index contributed by atoms with van der Waals surface area (Å²) < 4.78 is 23.9. The third-order valence-electron chi connectivity index (χ3n) is 5.47. The number of hydrogen-bond donors (Lipinski definition) is 1. The van der Waals surface area contributed by atoms with Crippen molar-refractivity contribution in [2.45, 2.75) is 26.3 Å². The molecule has 0 bridgehead atoms. The van der Waals surface area contributed by atoms with Gasteiger partial charge in [-0.25, -0.2) is 4.39 Å². The number of methoxy groups -OCH3 is 2. The Kier molecular flexibility index (Phi) is 6.59. The SMILES string of the molecule is COc1cc(OC)cc(C(=O)N2CCC[C@](C)(C(=O)NCc3cccc(F)c3)C2)c1. The predicted octanol–water partition coefficient (Wildman–Crippen LogP) is 3.40. The van der Waals surface area contributed by atoms with E-state index in [1.165, 1.54) is 26.4 Å². The lowest BCUT2D eigenvalue weighted by Crippen LogP contribution is -2.51. The minimum atomic E-state index is -0.718. The molecule has 1 fully saturated rings. The number of rotatable bonds is 6. The molecule has 2 aromatic rings. The van der Waals surface area contributed by atoms with Crippen molar-refractivity contribution < 1.29 is 23.5 Å². The predicted molar refractivity (Wildman–Crippen MR) is 111 cm³/mol. The Hall–Kier alpha value is -3.09. The van der Waals surface area contributed by atoms with Gasteiger partial charge in [-0.2, -0.15) is 0 Å².